The average Bonchev–Trinajstić information content (AvgIpc) is 3.25. The first-order chi connectivity index (χ1) is 11.6. The molecule has 1 saturated heterocycles. The number of fused-ring (bicyclic) bond motifs is 1. The second kappa shape index (κ2) is 6.33. The molecule has 4 rings (SSSR count). The number of anilines is 1. The van der Waals surface area contributed by atoms with Crippen LogP contribution in [0.3, 0.4) is 0 Å². The summed E-state index contributed by atoms with van der Waals surface area (Å²) in [5.41, 5.74) is 0.786. The molecular formula is C16H23N5O2S. The smallest absolute Gasteiger partial charge is 0.216 e. The molecule has 2 N–H and O–H groups in total. The molecule has 2 fully saturated rings. The van der Waals surface area contributed by atoms with E-state index in [-0.39, 0.29) is 11.3 Å². The van der Waals surface area contributed by atoms with Crippen molar-refractivity contribution in [1.29, 1.82) is 0 Å². The summed E-state index contributed by atoms with van der Waals surface area (Å²) in [6.45, 7) is 1.31. The quantitative estimate of drug-likeness (QED) is 0.878. The van der Waals surface area contributed by atoms with Gasteiger partial charge >= 0.3 is 0 Å². The van der Waals surface area contributed by atoms with E-state index in [4.69, 9.17) is 0 Å². The Morgan fingerprint density at radius 1 is 1.17 bits per heavy atom. The summed E-state index contributed by atoms with van der Waals surface area (Å²) in [6, 6.07) is 2.07. The molecule has 0 spiro atoms. The van der Waals surface area contributed by atoms with Gasteiger partial charge in [0.2, 0.25) is 10.0 Å². The summed E-state index contributed by atoms with van der Waals surface area (Å²) in [6.07, 6.45) is 9.10. The Kier molecular flexibility index (Phi) is 4.17. The molecule has 0 amide bonds. The Labute approximate surface area is 141 Å². The van der Waals surface area contributed by atoms with Gasteiger partial charge in [0.05, 0.1) is 10.6 Å². The number of aromatic amines is 1. The molecule has 1 unspecified atom stereocenters. The van der Waals surface area contributed by atoms with Gasteiger partial charge in [-0.15, -0.1) is 0 Å². The summed E-state index contributed by atoms with van der Waals surface area (Å²) in [5, 5.41) is 0.565. The number of rotatable bonds is 4. The zero-order valence-electron chi connectivity index (χ0n) is 13.6. The van der Waals surface area contributed by atoms with Crippen LogP contribution in [0.2, 0.25) is 0 Å². The van der Waals surface area contributed by atoms with Crippen molar-refractivity contribution in [2.24, 2.45) is 0 Å². The number of hydrogen-bond donors (Lipinski definition) is 2. The van der Waals surface area contributed by atoms with E-state index in [1.807, 2.05) is 12.3 Å². The average molecular weight is 349 g/mol. The summed E-state index contributed by atoms with van der Waals surface area (Å²) in [7, 11) is -3.29. The van der Waals surface area contributed by atoms with Gasteiger partial charge in [-0.25, -0.2) is 23.1 Å². The van der Waals surface area contributed by atoms with Crippen molar-refractivity contribution >= 4 is 26.9 Å². The van der Waals surface area contributed by atoms with Gasteiger partial charge in [-0.2, -0.15) is 0 Å². The molecule has 0 aromatic carbocycles. The monoisotopic (exact) mass is 349 g/mol. The van der Waals surface area contributed by atoms with Gasteiger partial charge in [0.1, 0.15) is 17.8 Å². The number of H-pyrrole nitrogens is 1. The van der Waals surface area contributed by atoms with Crippen molar-refractivity contribution in [3.8, 4) is 0 Å². The van der Waals surface area contributed by atoms with E-state index in [0.717, 1.165) is 55.5 Å². The van der Waals surface area contributed by atoms with Crippen molar-refractivity contribution in [2.45, 2.75) is 49.8 Å². The number of aromatic nitrogens is 3. The van der Waals surface area contributed by atoms with Gasteiger partial charge in [0, 0.05) is 25.3 Å². The maximum absolute atomic E-state index is 12.8. The summed E-state index contributed by atoms with van der Waals surface area (Å²) in [5.74, 6) is 0.821. The lowest BCUT2D eigenvalue weighted by Crippen LogP contribution is -2.48. The van der Waals surface area contributed by atoms with E-state index in [9.17, 15) is 8.42 Å². The van der Waals surface area contributed by atoms with Crippen LogP contribution < -0.4 is 9.62 Å². The molecule has 3 heterocycles. The lowest BCUT2D eigenvalue weighted by atomic mass is 10.1. The fraction of sp³-hybridized carbons (Fsp3) is 0.625. The lowest BCUT2D eigenvalue weighted by Gasteiger charge is -2.34. The highest BCUT2D eigenvalue weighted by atomic mass is 32.2. The first-order valence-corrected chi connectivity index (χ1v) is 10.2. The Morgan fingerprint density at radius 3 is 2.83 bits per heavy atom. The van der Waals surface area contributed by atoms with Crippen molar-refractivity contribution in [2.75, 3.05) is 18.0 Å². The first kappa shape index (κ1) is 15.8. The van der Waals surface area contributed by atoms with Crippen LogP contribution in [0.25, 0.3) is 11.0 Å². The molecule has 1 atom stereocenters. The SMILES string of the molecule is O=S(=O)(NC1CCCC1)C1CCCN(c2ncnc3[nH]ccc23)C1. The third kappa shape index (κ3) is 3.00. The Hall–Kier alpha value is -1.67. The highest BCUT2D eigenvalue weighted by molar-refractivity contribution is 7.90. The van der Waals surface area contributed by atoms with E-state index < -0.39 is 10.0 Å². The van der Waals surface area contributed by atoms with E-state index in [2.05, 4.69) is 24.6 Å². The van der Waals surface area contributed by atoms with E-state index in [1.165, 1.54) is 6.33 Å². The first-order valence-electron chi connectivity index (χ1n) is 8.68. The molecule has 24 heavy (non-hydrogen) atoms. The minimum Gasteiger partial charge on any atom is -0.355 e. The van der Waals surface area contributed by atoms with Gasteiger partial charge < -0.3 is 9.88 Å². The van der Waals surface area contributed by atoms with Crippen LogP contribution in [-0.4, -0.2) is 47.8 Å². The van der Waals surface area contributed by atoms with Crippen LogP contribution in [0, 0.1) is 0 Å². The molecule has 1 aliphatic heterocycles. The third-order valence-corrected chi connectivity index (χ3v) is 7.06. The molecule has 130 valence electrons. The van der Waals surface area contributed by atoms with Crippen molar-refractivity contribution < 1.29 is 8.42 Å². The minimum absolute atomic E-state index is 0.126. The van der Waals surface area contributed by atoms with E-state index in [0.29, 0.717) is 13.0 Å². The Morgan fingerprint density at radius 2 is 2.00 bits per heavy atom. The molecule has 0 radical (unpaired) electrons. The summed E-state index contributed by atoms with van der Waals surface area (Å²) < 4.78 is 28.4. The number of sulfonamides is 1. The molecule has 2 aliphatic rings. The molecular weight excluding hydrogens is 326 g/mol. The molecule has 1 saturated carbocycles. The normalized spacial score (nSPS) is 23.2. The van der Waals surface area contributed by atoms with Gasteiger partial charge in [-0.05, 0) is 31.7 Å². The number of piperidine rings is 1. The highest BCUT2D eigenvalue weighted by Gasteiger charge is 2.33. The standard InChI is InChI=1S/C16H23N5O2S/c22-24(23,20-12-4-1-2-5-12)13-6-3-9-21(10-13)16-14-7-8-17-15(14)18-11-19-16/h7-8,11-13,20H,1-6,9-10H2,(H,17,18,19). The summed E-state index contributed by atoms with van der Waals surface area (Å²) in [4.78, 5) is 13.8. The molecule has 1 aliphatic carbocycles. The molecule has 8 heteroatoms. The van der Waals surface area contributed by atoms with Gasteiger partial charge in [0.25, 0.3) is 0 Å². The van der Waals surface area contributed by atoms with Crippen LogP contribution in [0.1, 0.15) is 38.5 Å². The number of hydrogen-bond acceptors (Lipinski definition) is 5. The number of nitrogens with zero attached hydrogens (tertiary/aromatic N) is 3. The summed E-state index contributed by atoms with van der Waals surface area (Å²) >= 11 is 0. The van der Waals surface area contributed by atoms with Crippen molar-refractivity contribution in [3.63, 3.8) is 0 Å². The Balaban J connectivity index is 1.54. The van der Waals surface area contributed by atoms with Crippen LogP contribution in [0.15, 0.2) is 18.6 Å². The minimum atomic E-state index is -3.29. The molecule has 0 bridgehead atoms. The topological polar surface area (TPSA) is 91.0 Å². The predicted octanol–water partition coefficient (Wildman–Crippen LogP) is 1.79. The van der Waals surface area contributed by atoms with Crippen LogP contribution >= 0.6 is 0 Å². The molecule has 2 aromatic rings. The van der Waals surface area contributed by atoms with E-state index >= 15 is 0 Å². The lowest BCUT2D eigenvalue weighted by molar-refractivity contribution is 0.505. The zero-order chi connectivity index (χ0) is 16.6. The second-order valence-corrected chi connectivity index (χ2v) is 8.78. The van der Waals surface area contributed by atoms with Crippen molar-refractivity contribution in [1.82, 2.24) is 19.7 Å². The largest absolute Gasteiger partial charge is 0.355 e. The van der Waals surface area contributed by atoms with Crippen LogP contribution in [0.5, 0.6) is 0 Å². The second-order valence-electron chi connectivity index (χ2n) is 6.79. The fourth-order valence-corrected chi connectivity index (χ4v) is 5.61. The van der Waals surface area contributed by atoms with Gasteiger partial charge in [0.15, 0.2) is 0 Å². The third-order valence-electron chi connectivity index (χ3n) is 5.14. The maximum atomic E-state index is 12.8. The van der Waals surface area contributed by atoms with Crippen LogP contribution in [0.4, 0.5) is 5.82 Å². The molecule has 7 nitrogen and oxygen atoms in total. The maximum Gasteiger partial charge on any atom is 0.216 e. The highest BCUT2D eigenvalue weighted by Crippen LogP contribution is 2.27. The predicted molar refractivity (Wildman–Crippen MR) is 93.4 cm³/mol. The van der Waals surface area contributed by atoms with Crippen molar-refractivity contribution in [3.05, 3.63) is 18.6 Å². The number of nitrogens with one attached hydrogen (secondary N) is 2. The van der Waals surface area contributed by atoms with Gasteiger partial charge in [-0.1, -0.05) is 12.8 Å². The van der Waals surface area contributed by atoms with Gasteiger partial charge in [-0.3, -0.25) is 0 Å². The van der Waals surface area contributed by atoms with Crippen LogP contribution in [-0.2, 0) is 10.0 Å². The van der Waals surface area contributed by atoms with E-state index in [1.54, 1.807) is 0 Å². The zero-order valence-corrected chi connectivity index (χ0v) is 14.4. The fourth-order valence-electron chi connectivity index (χ4n) is 3.87. The molecule has 2 aromatic heterocycles. The Bertz CT molecular complexity index is 813.